The number of rotatable bonds is 58. The van der Waals surface area contributed by atoms with E-state index in [0.717, 1.165) is 64.2 Å². The predicted molar refractivity (Wildman–Crippen MR) is 316 cm³/mol. The Morgan fingerprint density at radius 1 is 0.459 bits per heavy atom. The molecule has 0 aromatic rings. The molecular formula is C64H123N2O7P. The maximum absolute atomic E-state index is 13.5. The first kappa shape index (κ1) is 72.2. The number of nitrogens with zero attached hydrogens (tertiary/aromatic N) is 1. The van der Waals surface area contributed by atoms with Crippen LogP contribution >= 0.6 is 7.82 Å². The van der Waals surface area contributed by atoms with E-state index in [1.54, 1.807) is 0 Å². The Bertz CT molecular complexity index is 1360. The van der Waals surface area contributed by atoms with E-state index in [0.29, 0.717) is 23.9 Å². The number of hydrogen-bond donors (Lipinski definition) is 1. The average Bonchev–Trinajstić information content (AvgIpc) is 3.36. The number of carbonyl (C=O) groups is 2. The van der Waals surface area contributed by atoms with Gasteiger partial charge in [0.25, 0.3) is 7.82 Å². The van der Waals surface area contributed by atoms with Crippen LogP contribution in [0.15, 0.2) is 36.5 Å². The Balaban J connectivity index is 5.11. The lowest BCUT2D eigenvalue weighted by Gasteiger charge is -2.30. The normalized spacial score (nSPS) is 13.9. The summed E-state index contributed by atoms with van der Waals surface area (Å²) in [7, 11) is 1.19. The van der Waals surface area contributed by atoms with Gasteiger partial charge in [-0.25, -0.2) is 0 Å². The summed E-state index contributed by atoms with van der Waals surface area (Å²) in [4.78, 5) is 39.9. The van der Waals surface area contributed by atoms with Crippen molar-refractivity contribution in [1.29, 1.82) is 0 Å². The fourth-order valence-corrected chi connectivity index (χ4v) is 10.1. The number of phosphoric acid groups is 1. The number of phosphoric ester groups is 1. The summed E-state index contributed by atoms with van der Waals surface area (Å²) in [6, 6.07) is -0.890. The zero-order valence-corrected chi connectivity index (χ0v) is 50.7. The third-order valence-corrected chi connectivity index (χ3v) is 15.3. The first-order valence-corrected chi connectivity index (χ1v) is 33.3. The van der Waals surface area contributed by atoms with Crippen molar-refractivity contribution < 1.29 is 37.3 Å². The average molecular weight is 1060 g/mol. The second-order valence-electron chi connectivity index (χ2n) is 22.9. The Kier molecular flexibility index (Phi) is 53.3. The quantitative estimate of drug-likeness (QED) is 0.0212. The zero-order valence-electron chi connectivity index (χ0n) is 49.8. The van der Waals surface area contributed by atoms with Crippen molar-refractivity contribution in [2.45, 2.75) is 322 Å². The summed E-state index contributed by atoms with van der Waals surface area (Å²) >= 11 is 0. The maximum atomic E-state index is 13.5. The van der Waals surface area contributed by atoms with E-state index >= 15 is 0 Å². The van der Waals surface area contributed by atoms with Crippen LogP contribution in [0.5, 0.6) is 0 Å². The van der Waals surface area contributed by atoms with E-state index in [2.05, 4.69) is 50.4 Å². The maximum Gasteiger partial charge on any atom is 0.306 e. The molecule has 9 nitrogen and oxygen atoms in total. The van der Waals surface area contributed by atoms with Gasteiger partial charge in [0.1, 0.15) is 19.3 Å². The zero-order chi connectivity index (χ0) is 54.3. The van der Waals surface area contributed by atoms with Crippen LogP contribution in [0.4, 0.5) is 0 Å². The molecule has 1 amide bonds. The second-order valence-corrected chi connectivity index (χ2v) is 24.3. The van der Waals surface area contributed by atoms with Crippen LogP contribution in [0.2, 0.25) is 0 Å². The molecule has 74 heavy (non-hydrogen) atoms. The van der Waals surface area contributed by atoms with Crippen molar-refractivity contribution in [3.05, 3.63) is 36.5 Å². The van der Waals surface area contributed by atoms with E-state index in [-0.39, 0.29) is 31.5 Å². The minimum absolute atomic E-state index is 0.0226. The predicted octanol–water partition coefficient (Wildman–Crippen LogP) is 18.9. The number of nitrogens with one attached hydrogen (secondary N) is 1. The van der Waals surface area contributed by atoms with E-state index in [1.807, 2.05) is 33.3 Å². The lowest BCUT2D eigenvalue weighted by molar-refractivity contribution is -0.870. The van der Waals surface area contributed by atoms with Gasteiger partial charge in [0, 0.05) is 12.8 Å². The third-order valence-electron chi connectivity index (χ3n) is 14.3. The number of allylic oxidation sites excluding steroid dienone is 5. The van der Waals surface area contributed by atoms with Crippen LogP contribution in [0, 0.1) is 0 Å². The number of amides is 1. The topological polar surface area (TPSA) is 114 Å². The Morgan fingerprint density at radius 3 is 1.16 bits per heavy atom. The number of quaternary nitrogens is 1. The largest absolute Gasteiger partial charge is 0.756 e. The smallest absolute Gasteiger partial charge is 0.306 e. The van der Waals surface area contributed by atoms with E-state index in [1.165, 1.54) is 205 Å². The van der Waals surface area contributed by atoms with Gasteiger partial charge in [-0.1, -0.05) is 250 Å². The molecule has 1 N–H and O–H groups in total. The molecule has 0 aliphatic rings. The summed E-state index contributed by atoms with van der Waals surface area (Å²) in [5.41, 5.74) is 0. The SMILES string of the molecule is CCCCCCCC/C=C/CCCCCCCCCCCCCCCC(=O)NC(COP(=O)([O-])OCC[N+](C)(C)C)C(/C=C\CCCCCCCCCCC)OC(=O)CCCCC/C=C\CCCCCCCCC. The molecule has 0 rings (SSSR count). The van der Waals surface area contributed by atoms with E-state index < -0.39 is 20.0 Å². The lowest BCUT2D eigenvalue weighted by Crippen LogP contribution is -2.47. The second kappa shape index (κ2) is 54.6. The van der Waals surface area contributed by atoms with Gasteiger partial charge in [-0.3, -0.25) is 14.2 Å². The molecule has 0 fully saturated rings. The molecule has 3 atom stereocenters. The highest BCUT2D eigenvalue weighted by atomic mass is 31.2. The van der Waals surface area contributed by atoms with Gasteiger partial charge in [-0.15, -0.1) is 0 Å². The Labute approximate surface area is 459 Å². The van der Waals surface area contributed by atoms with Gasteiger partial charge < -0.3 is 28.5 Å². The van der Waals surface area contributed by atoms with Crippen LogP contribution in [0.3, 0.4) is 0 Å². The molecule has 436 valence electrons. The van der Waals surface area contributed by atoms with Crippen LogP contribution in [0.1, 0.15) is 310 Å². The highest BCUT2D eigenvalue weighted by Crippen LogP contribution is 2.38. The molecule has 0 aliphatic heterocycles. The fraction of sp³-hybridized carbons (Fsp3) is 0.875. The van der Waals surface area contributed by atoms with Gasteiger partial charge in [-0.05, 0) is 83.1 Å². The molecule has 3 unspecified atom stereocenters. The number of carbonyl (C=O) groups excluding carboxylic acids is 2. The van der Waals surface area contributed by atoms with Crippen molar-refractivity contribution in [3.8, 4) is 0 Å². The number of likely N-dealkylation sites (N-methyl/N-ethyl adjacent to an activating group) is 1. The molecule has 0 radical (unpaired) electrons. The van der Waals surface area contributed by atoms with Crippen molar-refractivity contribution >= 4 is 19.7 Å². The highest BCUT2D eigenvalue weighted by Gasteiger charge is 2.27. The van der Waals surface area contributed by atoms with Crippen molar-refractivity contribution in [2.24, 2.45) is 0 Å². The highest BCUT2D eigenvalue weighted by molar-refractivity contribution is 7.45. The van der Waals surface area contributed by atoms with Crippen molar-refractivity contribution in [3.63, 3.8) is 0 Å². The Morgan fingerprint density at radius 2 is 0.784 bits per heavy atom. The summed E-state index contributed by atoms with van der Waals surface area (Å²) in [5, 5.41) is 3.03. The third kappa shape index (κ3) is 55.0. The van der Waals surface area contributed by atoms with Crippen LogP contribution in [0.25, 0.3) is 0 Å². The van der Waals surface area contributed by atoms with Gasteiger partial charge in [0.05, 0.1) is 33.8 Å². The summed E-state index contributed by atoms with van der Waals surface area (Å²) in [6.45, 7) is 6.85. The number of ether oxygens (including phenoxy) is 1. The van der Waals surface area contributed by atoms with Gasteiger partial charge >= 0.3 is 5.97 Å². The fourth-order valence-electron chi connectivity index (χ4n) is 9.34. The van der Waals surface area contributed by atoms with Crippen LogP contribution in [-0.2, 0) is 27.9 Å². The number of hydrogen-bond acceptors (Lipinski definition) is 7. The standard InChI is InChI=1S/C64H123N2O7P/c1-7-10-13-16-19-22-25-27-29-30-31-32-33-34-35-36-37-38-41-44-47-50-53-56-63(67)65-61(60-72-74(69,70)71-59-58-66(4,5)6)62(55-52-49-46-43-40-24-21-18-15-12-9-3)73-64(68)57-54-51-48-45-42-39-28-26-23-20-17-14-11-8-2/h27,29,39,42,52,55,61-62H,7-26,28,30-38,40-41,43-51,53-54,56-60H2,1-6H3,(H-,65,67,69,70)/b29-27+,42-39-,55-52-. The summed E-state index contributed by atoms with van der Waals surface area (Å²) in [6.07, 6.45) is 65.5. The monoisotopic (exact) mass is 1060 g/mol. The minimum Gasteiger partial charge on any atom is -0.756 e. The first-order valence-electron chi connectivity index (χ1n) is 31.8. The van der Waals surface area contributed by atoms with Crippen molar-refractivity contribution in [2.75, 3.05) is 40.9 Å². The molecule has 0 heterocycles. The molecule has 0 aliphatic carbocycles. The Hall–Kier alpha value is -1.77. The summed E-state index contributed by atoms with van der Waals surface area (Å²) < 4.78 is 30.3. The van der Waals surface area contributed by atoms with Crippen molar-refractivity contribution in [1.82, 2.24) is 5.32 Å². The minimum atomic E-state index is -4.70. The number of esters is 1. The van der Waals surface area contributed by atoms with Gasteiger partial charge in [0.15, 0.2) is 0 Å². The van der Waals surface area contributed by atoms with Gasteiger partial charge in [0.2, 0.25) is 5.91 Å². The number of unbranched alkanes of at least 4 members (excludes halogenated alkanes) is 38. The molecular weight excluding hydrogens is 940 g/mol. The van der Waals surface area contributed by atoms with E-state index in [4.69, 9.17) is 13.8 Å². The van der Waals surface area contributed by atoms with E-state index in [9.17, 15) is 19.0 Å². The molecule has 0 aromatic carbocycles. The molecule has 10 heteroatoms. The molecule has 0 aromatic heterocycles. The van der Waals surface area contributed by atoms with Crippen LogP contribution < -0.4 is 10.2 Å². The molecule has 0 saturated carbocycles. The molecule has 0 bridgehead atoms. The molecule has 0 saturated heterocycles. The molecule has 0 spiro atoms. The lowest BCUT2D eigenvalue weighted by atomic mass is 10.0. The van der Waals surface area contributed by atoms with Crippen LogP contribution in [-0.4, -0.2) is 69.4 Å². The van der Waals surface area contributed by atoms with Gasteiger partial charge in [-0.2, -0.15) is 0 Å². The summed E-state index contributed by atoms with van der Waals surface area (Å²) in [5.74, 6) is -0.549. The first-order chi connectivity index (χ1) is 35.9.